The van der Waals surface area contributed by atoms with Gasteiger partial charge in [-0.05, 0) is 42.7 Å². The molecule has 1 aliphatic heterocycles. The smallest absolute Gasteiger partial charge is 0.385 e. The number of halogens is 7. The van der Waals surface area contributed by atoms with Crippen molar-refractivity contribution in [1.82, 2.24) is 0 Å². The van der Waals surface area contributed by atoms with E-state index in [0.29, 0.717) is 18.6 Å². The summed E-state index contributed by atoms with van der Waals surface area (Å²) >= 11 is 5.60. The van der Waals surface area contributed by atoms with Gasteiger partial charge in [0.1, 0.15) is 5.84 Å². The van der Waals surface area contributed by atoms with E-state index < -0.39 is 41.8 Å². The van der Waals surface area contributed by atoms with E-state index in [1.54, 1.807) is 18.3 Å². The Hall–Kier alpha value is -2.63. The third-order valence-corrected chi connectivity index (χ3v) is 5.94. The Morgan fingerprint density at radius 3 is 2.28 bits per heavy atom. The van der Waals surface area contributed by atoms with Crippen LogP contribution in [0.1, 0.15) is 47.6 Å². The first kappa shape index (κ1) is 27.9. The van der Waals surface area contributed by atoms with E-state index in [0.717, 1.165) is 5.56 Å². The maximum Gasteiger partial charge on any atom is 0.416 e. The number of benzene rings is 2. The number of alkyl halides is 7. The summed E-state index contributed by atoms with van der Waals surface area (Å²) in [6.45, 7) is 1.60. The molecule has 2 unspecified atom stereocenters. The van der Waals surface area contributed by atoms with Gasteiger partial charge in [0.15, 0.2) is 6.29 Å². The molecule has 196 valence electrons. The van der Waals surface area contributed by atoms with Crippen LogP contribution in [0.25, 0.3) is 0 Å². The predicted molar refractivity (Wildman–Crippen MR) is 124 cm³/mol. The van der Waals surface area contributed by atoms with E-state index in [9.17, 15) is 26.3 Å². The van der Waals surface area contributed by atoms with E-state index in [-0.39, 0.29) is 35.9 Å². The summed E-state index contributed by atoms with van der Waals surface area (Å²) in [4.78, 5) is 0. The minimum Gasteiger partial charge on any atom is -0.385 e. The highest BCUT2D eigenvalue weighted by atomic mass is 35.5. The number of rotatable bonds is 7. The van der Waals surface area contributed by atoms with Gasteiger partial charge in [-0.3, -0.25) is 0 Å². The van der Waals surface area contributed by atoms with Crippen LogP contribution in [0.4, 0.5) is 26.3 Å². The Kier molecular flexibility index (Phi) is 9.02. The Bertz CT molecular complexity index is 1040. The summed E-state index contributed by atoms with van der Waals surface area (Å²) in [6, 6.07) is 10.4. The average Bonchev–Trinajstić information content (AvgIpc) is 2.83. The molecule has 2 N–H and O–H groups in total. The lowest BCUT2D eigenvalue weighted by Crippen LogP contribution is -2.38. The molecule has 2 aromatic rings. The molecule has 1 saturated heterocycles. The Balaban J connectivity index is 1.94. The quantitative estimate of drug-likeness (QED) is 0.144. The van der Waals surface area contributed by atoms with Crippen LogP contribution in [0.2, 0.25) is 0 Å². The fourth-order valence-corrected chi connectivity index (χ4v) is 3.94. The Labute approximate surface area is 208 Å². The first-order chi connectivity index (χ1) is 16.9. The van der Waals surface area contributed by atoms with E-state index >= 15 is 0 Å². The molecule has 1 fully saturated rings. The molecule has 0 aromatic heterocycles. The number of hydrogen-bond acceptors (Lipinski definition) is 4. The molecular formula is C24H24ClF6N3O2. The molecule has 1 heterocycles. The van der Waals surface area contributed by atoms with Gasteiger partial charge in [-0.2, -0.15) is 31.4 Å². The van der Waals surface area contributed by atoms with Gasteiger partial charge >= 0.3 is 12.4 Å². The fraction of sp³-hybridized carbons (Fsp3) is 0.417. The van der Waals surface area contributed by atoms with Crippen molar-refractivity contribution < 1.29 is 35.8 Å². The molecule has 1 aliphatic rings. The molecule has 4 atom stereocenters. The maximum absolute atomic E-state index is 13.3. The van der Waals surface area contributed by atoms with Crippen LogP contribution < -0.4 is 5.73 Å². The summed E-state index contributed by atoms with van der Waals surface area (Å²) in [5.74, 6) is -0.625. The highest BCUT2D eigenvalue weighted by Crippen LogP contribution is 2.41. The molecule has 12 heteroatoms. The van der Waals surface area contributed by atoms with Gasteiger partial charge in [-0.1, -0.05) is 30.3 Å². The molecular weight excluding hydrogens is 512 g/mol. The van der Waals surface area contributed by atoms with Gasteiger partial charge < -0.3 is 15.2 Å². The number of hydrogen-bond donors (Lipinski definition) is 1. The fourth-order valence-electron chi connectivity index (χ4n) is 3.89. The minimum absolute atomic E-state index is 0.00656. The van der Waals surface area contributed by atoms with Crippen molar-refractivity contribution in [2.75, 3.05) is 12.5 Å². The normalized spacial score (nSPS) is 22.7. The van der Waals surface area contributed by atoms with Crippen molar-refractivity contribution in [3.05, 3.63) is 70.8 Å². The second kappa shape index (κ2) is 11.6. The summed E-state index contributed by atoms with van der Waals surface area (Å²) in [5, 5.41) is 7.78. The predicted octanol–water partition coefficient (Wildman–Crippen LogP) is 6.53. The van der Waals surface area contributed by atoms with Crippen molar-refractivity contribution in [2.24, 2.45) is 21.9 Å². The Morgan fingerprint density at radius 1 is 1.11 bits per heavy atom. The van der Waals surface area contributed by atoms with Crippen LogP contribution in [0, 0.1) is 5.92 Å². The zero-order chi connectivity index (χ0) is 26.5. The lowest BCUT2D eigenvalue weighted by atomic mass is 9.82. The first-order valence-corrected chi connectivity index (χ1v) is 11.5. The summed E-state index contributed by atoms with van der Waals surface area (Å²) in [5.41, 5.74) is 3.27. The second-order valence-corrected chi connectivity index (χ2v) is 8.50. The molecule has 36 heavy (non-hydrogen) atoms. The standard InChI is InChI=1S/C24H24ClF6N3O2/c1-14(17-9-18(23(26,27)28)11-19(10-17)24(29,30)31)36-22-21(15-5-3-2-4-6-15)16(7-8-35-22)13-33-34-20(32)12-25/h2-6,9-11,13-14,16,21-22H,7-8,12H2,1H3,(H2,32,34)/t14?,16-,21-,22?/m0/s1. The molecule has 0 amide bonds. The van der Waals surface area contributed by atoms with Crippen molar-refractivity contribution >= 4 is 23.7 Å². The minimum atomic E-state index is -4.96. The average molecular weight is 536 g/mol. The van der Waals surface area contributed by atoms with E-state index in [4.69, 9.17) is 26.8 Å². The molecule has 0 bridgehead atoms. The number of amidine groups is 1. The van der Waals surface area contributed by atoms with Crippen molar-refractivity contribution in [2.45, 2.75) is 44.0 Å². The van der Waals surface area contributed by atoms with Crippen LogP contribution in [-0.2, 0) is 21.8 Å². The van der Waals surface area contributed by atoms with Crippen LogP contribution in [0.3, 0.4) is 0 Å². The highest BCUT2D eigenvalue weighted by molar-refractivity contribution is 6.27. The van der Waals surface area contributed by atoms with E-state index in [1.807, 2.05) is 18.2 Å². The van der Waals surface area contributed by atoms with Crippen LogP contribution in [0.5, 0.6) is 0 Å². The largest absolute Gasteiger partial charge is 0.416 e. The van der Waals surface area contributed by atoms with E-state index in [2.05, 4.69) is 10.2 Å². The Morgan fingerprint density at radius 2 is 1.72 bits per heavy atom. The van der Waals surface area contributed by atoms with Gasteiger partial charge in [0.05, 0.1) is 29.7 Å². The third kappa shape index (κ3) is 7.21. The van der Waals surface area contributed by atoms with Crippen molar-refractivity contribution in [1.29, 1.82) is 0 Å². The number of nitrogens with zero attached hydrogens (tertiary/aromatic N) is 2. The summed E-state index contributed by atoms with van der Waals surface area (Å²) in [6.07, 6.45) is -9.97. The third-order valence-electron chi connectivity index (χ3n) is 5.67. The maximum atomic E-state index is 13.3. The van der Waals surface area contributed by atoms with Gasteiger partial charge in [0, 0.05) is 18.1 Å². The summed E-state index contributed by atoms with van der Waals surface area (Å²) in [7, 11) is 0. The van der Waals surface area contributed by atoms with Crippen LogP contribution >= 0.6 is 11.6 Å². The van der Waals surface area contributed by atoms with Gasteiger partial charge in [0.2, 0.25) is 0 Å². The molecule has 5 nitrogen and oxygen atoms in total. The van der Waals surface area contributed by atoms with Gasteiger partial charge in [-0.15, -0.1) is 16.7 Å². The highest BCUT2D eigenvalue weighted by Gasteiger charge is 2.39. The molecule has 0 spiro atoms. The zero-order valence-electron chi connectivity index (χ0n) is 19.1. The second-order valence-electron chi connectivity index (χ2n) is 8.24. The SMILES string of the molecule is CC(OC1OCC[C@@H](C=NN=C(N)CCl)[C@@H]1c1ccccc1)c1cc(C(F)(F)F)cc(C(F)(F)F)c1. The lowest BCUT2D eigenvalue weighted by molar-refractivity contribution is -0.203. The molecule has 2 aromatic carbocycles. The topological polar surface area (TPSA) is 69.2 Å². The van der Waals surface area contributed by atoms with Crippen LogP contribution in [-0.4, -0.2) is 30.8 Å². The molecule has 0 saturated carbocycles. The van der Waals surface area contributed by atoms with Crippen molar-refractivity contribution in [3.63, 3.8) is 0 Å². The van der Waals surface area contributed by atoms with Crippen molar-refractivity contribution in [3.8, 4) is 0 Å². The van der Waals surface area contributed by atoms with Gasteiger partial charge in [-0.25, -0.2) is 0 Å². The van der Waals surface area contributed by atoms with Gasteiger partial charge in [0.25, 0.3) is 0 Å². The number of nitrogens with two attached hydrogens (primary N) is 1. The van der Waals surface area contributed by atoms with Crippen LogP contribution in [0.15, 0.2) is 58.7 Å². The number of ether oxygens (including phenoxy) is 2. The molecule has 0 radical (unpaired) electrons. The lowest BCUT2D eigenvalue weighted by Gasteiger charge is -2.38. The molecule has 3 rings (SSSR count). The van der Waals surface area contributed by atoms with E-state index in [1.165, 1.54) is 6.92 Å². The molecule has 0 aliphatic carbocycles. The first-order valence-electron chi connectivity index (χ1n) is 10.9. The zero-order valence-corrected chi connectivity index (χ0v) is 19.8. The monoisotopic (exact) mass is 535 g/mol. The summed E-state index contributed by atoms with van der Waals surface area (Å²) < 4.78 is 91.7.